The third-order valence-electron chi connectivity index (χ3n) is 0.974. The van der Waals surface area contributed by atoms with Crippen LogP contribution >= 0.6 is 0 Å². The number of rotatable bonds is 4. The molecule has 9 heavy (non-hydrogen) atoms. The number of carboxylic acid groups (broad SMARTS) is 1. The first kappa shape index (κ1) is 8.39. The largest absolute Gasteiger partial charge is 0.481 e. The first-order valence-corrected chi connectivity index (χ1v) is 2.84. The van der Waals surface area contributed by atoms with Gasteiger partial charge < -0.3 is 16.6 Å². The monoisotopic (exact) mass is 132 g/mol. The number of carbonyl (C=O) groups is 1. The van der Waals surface area contributed by atoms with Gasteiger partial charge in [-0.25, -0.2) is 0 Å². The molecule has 0 amide bonds. The van der Waals surface area contributed by atoms with Gasteiger partial charge in [0, 0.05) is 6.04 Å². The van der Waals surface area contributed by atoms with Gasteiger partial charge in [-0.1, -0.05) is 0 Å². The SMILES string of the molecule is NCC[C@H](N)CC(=O)O. The van der Waals surface area contributed by atoms with Crippen molar-refractivity contribution < 1.29 is 9.90 Å². The van der Waals surface area contributed by atoms with Crippen molar-refractivity contribution in [3.05, 3.63) is 0 Å². The van der Waals surface area contributed by atoms with Crippen molar-refractivity contribution in [3.63, 3.8) is 0 Å². The molecule has 5 N–H and O–H groups in total. The van der Waals surface area contributed by atoms with Crippen LogP contribution in [0.3, 0.4) is 0 Å². The zero-order valence-corrected chi connectivity index (χ0v) is 5.21. The van der Waals surface area contributed by atoms with Gasteiger partial charge in [0.1, 0.15) is 0 Å². The van der Waals surface area contributed by atoms with E-state index >= 15 is 0 Å². The van der Waals surface area contributed by atoms with Crippen LogP contribution in [0.25, 0.3) is 0 Å². The molecular weight excluding hydrogens is 120 g/mol. The third-order valence-corrected chi connectivity index (χ3v) is 0.974. The van der Waals surface area contributed by atoms with E-state index in [9.17, 15) is 4.79 Å². The molecule has 0 heterocycles. The fourth-order valence-electron chi connectivity index (χ4n) is 0.540. The molecule has 0 aliphatic heterocycles. The summed E-state index contributed by atoms with van der Waals surface area (Å²) in [7, 11) is 0. The minimum atomic E-state index is -0.865. The Hall–Kier alpha value is -0.610. The molecule has 0 unspecified atom stereocenters. The van der Waals surface area contributed by atoms with E-state index < -0.39 is 5.97 Å². The Morgan fingerprint density at radius 2 is 2.22 bits per heavy atom. The molecule has 54 valence electrons. The van der Waals surface area contributed by atoms with Gasteiger partial charge in [-0.15, -0.1) is 0 Å². The van der Waals surface area contributed by atoms with Gasteiger partial charge in [0.2, 0.25) is 0 Å². The Morgan fingerprint density at radius 3 is 2.56 bits per heavy atom. The second kappa shape index (κ2) is 4.29. The van der Waals surface area contributed by atoms with Gasteiger partial charge in [-0.05, 0) is 13.0 Å². The Labute approximate surface area is 53.8 Å². The zero-order chi connectivity index (χ0) is 7.28. The van der Waals surface area contributed by atoms with Crippen molar-refractivity contribution in [2.45, 2.75) is 18.9 Å². The van der Waals surface area contributed by atoms with E-state index in [1.807, 2.05) is 0 Å². The minimum Gasteiger partial charge on any atom is -0.481 e. The standard InChI is InChI=1S/C5H12N2O2/c6-2-1-4(7)3-5(8)9/h4H,1-3,6-7H2,(H,8,9)/t4-/m0/s1. The van der Waals surface area contributed by atoms with E-state index in [-0.39, 0.29) is 12.5 Å². The molecule has 0 aliphatic rings. The molecule has 4 nitrogen and oxygen atoms in total. The van der Waals surface area contributed by atoms with Crippen LogP contribution in [0.15, 0.2) is 0 Å². The van der Waals surface area contributed by atoms with Crippen molar-refractivity contribution in [2.75, 3.05) is 6.54 Å². The summed E-state index contributed by atoms with van der Waals surface area (Å²) in [6.07, 6.45) is 0.587. The number of nitrogens with two attached hydrogens (primary N) is 2. The van der Waals surface area contributed by atoms with Crippen LogP contribution in [-0.4, -0.2) is 23.7 Å². The molecule has 1 atom stereocenters. The second-order valence-corrected chi connectivity index (χ2v) is 1.94. The lowest BCUT2D eigenvalue weighted by Crippen LogP contribution is -2.26. The van der Waals surface area contributed by atoms with Crippen LogP contribution < -0.4 is 11.5 Å². The van der Waals surface area contributed by atoms with Crippen LogP contribution in [0.1, 0.15) is 12.8 Å². The van der Waals surface area contributed by atoms with E-state index in [0.717, 1.165) is 0 Å². The van der Waals surface area contributed by atoms with Crippen molar-refractivity contribution in [1.29, 1.82) is 0 Å². The van der Waals surface area contributed by atoms with E-state index in [1.54, 1.807) is 0 Å². The molecule has 0 bridgehead atoms. The van der Waals surface area contributed by atoms with Gasteiger partial charge in [0.25, 0.3) is 0 Å². The van der Waals surface area contributed by atoms with Crippen molar-refractivity contribution in [3.8, 4) is 0 Å². The zero-order valence-electron chi connectivity index (χ0n) is 5.21. The Kier molecular flexibility index (Phi) is 4.00. The van der Waals surface area contributed by atoms with E-state index in [1.165, 1.54) is 0 Å². The Bertz CT molecular complexity index is 95.0. The number of aliphatic carboxylic acids is 1. The van der Waals surface area contributed by atoms with E-state index in [4.69, 9.17) is 16.6 Å². The van der Waals surface area contributed by atoms with Gasteiger partial charge in [0.05, 0.1) is 6.42 Å². The Balaban J connectivity index is 3.26. The minimum absolute atomic E-state index is 0.0111. The molecule has 0 saturated carbocycles. The topological polar surface area (TPSA) is 89.3 Å². The first-order valence-electron chi connectivity index (χ1n) is 2.84. The molecule has 0 fully saturated rings. The van der Waals surface area contributed by atoms with Crippen LogP contribution in [0.5, 0.6) is 0 Å². The molecule has 0 saturated heterocycles. The molecule has 0 aromatic heterocycles. The summed E-state index contributed by atoms with van der Waals surface area (Å²) in [6, 6.07) is -0.285. The van der Waals surface area contributed by atoms with E-state index in [0.29, 0.717) is 13.0 Å². The van der Waals surface area contributed by atoms with Gasteiger partial charge >= 0.3 is 5.97 Å². The summed E-state index contributed by atoms with van der Waals surface area (Å²) in [6.45, 7) is 0.453. The molecule has 0 rings (SSSR count). The lowest BCUT2D eigenvalue weighted by Gasteiger charge is -2.04. The average molecular weight is 132 g/mol. The molecule has 0 radical (unpaired) electrons. The number of carboxylic acids is 1. The fraction of sp³-hybridized carbons (Fsp3) is 0.800. The normalized spacial score (nSPS) is 13.1. The van der Waals surface area contributed by atoms with Crippen LogP contribution in [0.4, 0.5) is 0 Å². The molecular formula is C5H12N2O2. The molecule has 0 spiro atoms. The van der Waals surface area contributed by atoms with Crippen molar-refractivity contribution in [1.82, 2.24) is 0 Å². The van der Waals surface area contributed by atoms with Gasteiger partial charge in [-0.3, -0.25) is 4.79 Å². The summed E-state index contributed by atoms with van der Waals surface area (Å²) >= 11 is 0. The highest BCUT2D eigenvalue weighted by atomic mass is 16.4. The molecule has 4 heteroatoms. The summed E-state index contributed by atoms with van der Waals surface area (Å²) in [5.74, 6) is -0.865. The third kappa shape index (κ3) is 5.26. The predicted molar refractivity (Wildman–Crippen MR) is 33.9 cm³/mol. The maximum atomic E-state index is 9.96. The molecule has 0 aliphatic carbocycles. The van der Waals surface area contributed by atoms with Crippen LogP contribution in [0, 0.1) is 0 Å². The quantitative estimate of drug-likeness (QED) is 0.464. The lowest BCUT2D eigenvalue weighted by molar-refractivity contribution is -0.137. The number of hydrogen-bond donors (Lipinski definition) is 3. The fourth-order valence-corrected chi connectivity index (χ4v) is 0.540. The Morgan fingerprint density at radius 1 is 1.67 bits per heavy atom. The first-order chi connectivity index (χ1) is 4.16. The average Bonchev–Trinajstić information content (AvgIpc) is 1.63. The van der Waals surface area contributed by atoms with Crippen LogP contribution in [-0.2, 0) is 4.79 Å². The molecule has 0 aromatic carbocycles. The maximum absolute atomic E-state index is 9.96. The van der Waals surface area contributed by atoms with Crippen LogP contribution in [0.2, 0.25) is 0 Å². The summed E-state index contributed by atoms with van der Waals surface area (Å²) in [5, 5.41) is 8.19. The van der Waals surface area contributed by atoms with E-state index in [2.05, 4.69) is 0 Å². The smallest absolute Gasteiger partial charge is 0.304 e. The van der Waals surface area contributed by atoms with Gasteiger partial charge in [0.15, 0.2) is 0 Å². The summed E-state index contributed by atoms with van der Waals surface area (Å²) in [5.41, 5.74) is 10.5. The maximum Gasteiger partial charge on any atom is 0.304 e. The van der Waals surface area contributed by atoms with Gasteiger partial charge in [-0.2, -0.15) is 0 Å². The highest BCUT2D eigenvalue weighted by molar-refractivity contribution is 5.67. The second-order valence-electron chi connectivity index (χ2n) is 1.94. The molecule has 0 aromatic rings. The summed E-state index contributed by atoms with van der Waals surface area (Å²) in [4.78, 5) is 9.96. The van der Waals surface area contributed by atoms with Crippen molar-refractivity contribution >= 4 is 5.97 Å². The summed E-state index contributed by atoms with van der Waals surface area (Å²) < 4.78 is 0. The predicted octanol–water partition coefficient (Wildman–Crippen LogP) is -0.863. The lowest BCUT2D eigenvalue weighted by atomic mass is 10.1. The van der Waals surface area contributed by atoms with Crippen molar-refractivity contribution in [2.24, 2.45) is 11.5 Å². The number of hydrogen-bond acceptors (Lipinski definition) is 3. The highest BCUT2D eigenvalue weighted by Crippen LogP contribution is 1.91. The highest BCUT2D eigenvalue weighted by Gasteiger charge is 2.05.